The Morgan fingerprint density at radius 1 is 1.28 bits per heavy atom. The molecule has 0 saturated carbocycles. The van der Waals surface area contributed by atoms with Crippen LogP contribution in [0.5, 0.6) is 5.75 Å². The molecule has 0 N–H and O–H groups in total. The molecule has 0 amide bonds. The minimum Gasteiger partial charge on any atom is -0.493 e. The summed E-state index contributed by atoms with van der Waals surface area (Å²) in [6.45, 7) is 2.29. The molecule has 1 aromatic rings. The van der Waals surface area contributed by atoms with Crippen LogP contribution in [0.1, 0.15) is 17.5 Å². The monoisotopic (exact) mass is 286 g/mol. The van der Waals surface area contributed by atoms with Crippen LogP contribution in [-0.4, -0.2) is 25.7 Å². The Labute approximate surface area is 117 Å². The molecule has 0 radical (unpaired) electrons. The Hall–Kier alpha value is -0.440. The van der Waals surface area contributed by atoms with E-state index >= 15 is 0 Å². The van der Waals surface area contributed by atoms with Gasteiger partial charge in [-0.2, -0.15) is 0 Å². The first kappa shape index (κ1) is 12.6. The SMILES string of the molecule is ClCC1(Cc2cc(Cl)cc3c2OCC3)CCOC1. The van der Waals surface area contributed by atoms with Gasteiger partial charge >= 0.3 is 0 Å². The number of ether oxygens (including phenoxy) is 2. The van der Waals surface area contributed by atoms with E-state index in [4.69, 9.17) is 32.7 Å². The molecule has 4 heteroatoms. The van der Waals surface area contributed by atoms with Gasteiger partial charge in [0.2, 0.25) is 0 Å². The van der Waals surface area contributed by atoms with Gasteiger partial charge in [0, 0.05) is 29.3 Å². The van der Waals surface area contributed by atoms with Crippen LogP contribution in [-0.2, 0) is 17.6 Å². The van der Waals surface area contributed by atoms with E-state index in [-0.39, 0.29) is 5.41 Å². The third-order valence-electron chi connectivity index (χ3n) is 3.86. The highest BCUT2D eigenvalue weighted by Crippen LogP contribution is 2.40. The first-order chi connectivity index (χ1) is 8.72. The average Bonchev–Trinajstić information content (AvgIpc) is 2.98. The normalized spacial score (nSPS) is 26.1. The fraction of sp³-hybridized carbons (Fsp3) is 0.571. The third-order valence-corrected chi connectivity index (χ3v) is 4.64. The Kier molecular flexibility index (Phi) is 3.44. The number of benzene rings is 1. The zero-order valence-electron chi connectivity index (χ0n) is 10.2. The Balaban J connectivity index is 1.92. The second kappa shape index (κ2) is 4.92. The molecule has 2 aliphatic heterocycles. The summed E-state index contributed by atoms with van der Waals surface area (Å²) in [5.41, 5.74) is 2.45. The van der Waals surface area contributed by atoms with E-state index in [9.17, 15) is 0 Å². The molecule has 1 fully saturated rings. The molecule has 3 rings (SSSR count). The van der Waals surface area contributed by atoms with E-state index in [1.807, 2.05) is 12.1 Å². The first-order valence-electron chi connectivity index (χ1n) is 6.30. The van der Waals surface area contributed by atoms with Crippen LogP contribution >= 0.6 is 23.2 Å². The van der Waals surface area contributed by atoms with E-state index in [0.717, 1.165) is 49.9 Å². The number of halogens is 2. The van der Waals surface area contributed by atoms with Gasteiger partial charge in [0.25, 0.3) is 0 Å². The van der Waals surface area contributed by atoms with Crippen molar-refractivity contribution in [1.82, 2.24) is 0 Å². The molecule has 1 aromatic carbocycles. The molecule has 18 heavy (non-hydrogen) atoms. The second-order valence-electron chi connectivity index (χ2n) is 5.26. The van der Waals surface area contributed by atoms with E-state index in [1.165, 1.54) is 11.1 Å². The minimum atomic E-state index is 0.0476. The van der Waals surface area contributed by atoms with Gasteiger partial charge < -0.3 is 9.47 Å². The molecular weight excluding hydrogens is 271 g/mol. The van der Waals surface area contributed by atoms with Crippen molar-refractivity contribution < 1.29 is 9.47 Å². The summed E-state index contributed by atoms with van der Waals surface area (Å²) in [6.07, 6.45) is 2.85. The lowest BCUT2D eigenvalue weighted by atomic mass is 9.82. The Morgan fingerprint density at radius 3 is 2.89 bits per heavy atom. The zero-order valence-corrected chi connectivity index (χ0v) is 11.7. The second-order valence-corrected chi connectivity index (χ2v) is 5.97. The van der Waals surface area contributed by atoms with Gasteiger partial charge in [-0.1, -0.05) is 11.6 Å². The summed E-state index contributed by atoms with van der Waals surface area (Å²) >= 11 is 12.3. The summed E-state index contributed by atoms with van der Waals surface area (Å²) in [6, 6.07) is 4.02. The highest BCUT2D eigenvalue weighted by Gasteiger charge is 2.36. The predicted octanol–water partition coefficient (Wildman–Crippen LogP) is 3.46. The van der Waals surface area contributed by atoms with Gasteiger partial charge in [-0.15, -0.1) is 11.6 Å². The lowest BCUT2D eigenvalue weighted by Gasteiger charge is -2.25. The lowest BCUT2D eigenvalue weighted by molar-refractivity contribution is 0.160. The van der Waals surface area contributed by atoms with Crippen molar-refractivity contribution in [2.75, 3.05) is 25.7 Å². The molecule has 0 spiro atoms. The minimum absolute atomic E-state index is 0.0476. The third kappa shape index (κ3) is 2.22. The maximum atomic E-state index is 6.18. The van der Waals surface area contributed by atoms with Gasteiger partial charge in [0.15, 0.2) is 0 Å². The zero-order chi connectivity index (χ0) is 12.6. The maximum absolute atomic E-state index is 6.18. The van der Waals surface area contributed by atoms with Gasteiger partial charge in [0.05, 0.1) is 13.2 Å². The van der Waals surface area contributed by atoms with E-state index in [0.29, 0.717) is 5.88 Å². The molecule has 98 valence electrons. The number of hydrogen-bond acceptors (Lipinski definition) is 2. The van der Waals surface area contributed by atoms with Crippen LogP contribution in [0, 0.1) is 5.41 Å². The van der Waals surface area contributed by atoms with Crippen LogP contribution in [0.15, 0.2) is 12.1 Å². The molecular formula is C14H16Cl2O2. The first-order valence-corrected chi connectivity index (χ1v) is 7.21. The molecule has 2 nitrogen and oxygen atoms in total. The van der Waals surface area contributed by atoms with Gasteiger partial charge in [-0.3, -0.25) is 0 Å². The predicted molar refractivity (Wildman–Crippen MR) is 72.9 cm³/mol. The van der Waals surface area contributed by atoms with E-state index in [1.54, 1.807) is 0 Å². The molecule has 1 atom stereocenters. The quantitative estimate of drug-likeness (QED) is 0.793. The topological polar surface area (TPSA) is 18.5 Å². The van der Waals surface area contributed by atoms with E-state index in [2.05, 4.69) is 0 Å². The molecule has 1 unspecified atom stereocenters. The number of rotatable bonds is 3. The fourth-order valence-corrected chi connectivity index (χ4v) is 3.39. The summed E-state index contributed by atoms with van der Waals surface area (Å²) in [4.78, 5) is 0. The van der Waals surface area contributed by atoms with Crippen molar-refractivity contribution in [3.05, 3.63) is 28.3 Å². The average molecular weight is 287 g/mol. The van der Waals surface area contributed by atoms with Crippen LogP contribution in [0.25, 0.3) is 0 Å². The van der Waals surface area contributed by atoms with Crippen molar-refractivity contribution >= 4 is 23.2 Å². The number of hydrogen-bond donors (Lipinski definition) is 0. The smallest absolute Gasteiger partial charge is 0.125 e. The highest BCUT2D eigenvalue weighted by atomic mass is 35.5. The highest BCUT2D eigenvalue weighted by molar-refractivity contribution is 6.30. The maximum Gasteiger partial charge on any atom is 0.125 e. The summed E-state index contributed by atoms with van der Waals surface area (Å²) in [5, 5.41) is 0.790. The summed E-state index contributed by atoms with van der Waals surface area (Å²) in [7, 11) is 0. The molecule has 2 heterocycles. The molecule has 0 aliphatic carbocycles. The van der Waals surface area contributed by atoms with Gasteiger partial charge in [-0.25, -0.2) is 0 Å². The van der Waals surface area contributed by atoms with Crippen molar-refractivity contribution in [1.29, 1.82) is 0 Å². The Bertz CT molecular complexity index is 453. The lowest BCUT2D eigenvalue weighted by Crippen LogP contribution is -2.26. The summed E-state index contributed by atoms with van der Waals surface area (Å²) in [5.74, 6) is 1.64. The van der Waals surface area contributed by atoms with Gasteiger partial charge in [-0.05, 0) is 36.1 Å². The molecule has 2 aliphatic rings. The molecule has 0 aromatic heterocycles. The molecule has 0 bridgehead atoms. The van der Waals surface area contributed by atoms with Crippen molar-refractivity contribution in [3.63, 3.8) is 0 Å². The number of fused-ring (bicyclic) bond motifs is 1. The van der Waals surface area contributed by atoms with Crippen LogP contribution in [0.4, 0.5) is 0 Å². The Morgan fingerprint density at radius 2 is 2.17 bits per heavy atom. The van der Waals surface area contributed by atoms with Crippen molar-refractivity contribution in [3.8, 4) is 5.75 Å². The molecule has 1 saturated heterocycles. The van der Waals surface area contributed by atoms with Gasteiger partial charge in [0.1, 0.15) is 5.75 Å². The fourth-order valence-electron chi connectivity index (χ4n) is 2.82. The standard InChI is InChI=1S/C14H16Cl2O2/c15-8-14(2-4-17-9-14)7-11-6-12(16)5-10-1-3-18-13(10)11/h5-6H,1-4,7-9H2. The van der Waals surface area contributed by atoms with E-state index < -0.39 is 0 Å². The largest absolute Gasteiger partial charge is 0.493 e. The van der Waals surface area contributed by atoms with Crippen molar-refractivity contribution in [2.24, 2.45) is 5.41 Å². The number of alkyl halides is 1. The van der Waals surface area contributed by atoms with Crippen molar-refractivity contribution in [2.45, 2.75) is 19.3 Å². The summed E-state index contributed by atoms with van der Waals surface area (Å²) < 4.78 is 11.3. The van der Waals surface area contributed by atoms with Crippen LogP contribution in [0.3, 0.4) is 0 Å². The van der Waals surface area contributed by atoms with Crippen LogP contribution < -0.4 is 4.74 Å². The van der Waals surface area contributed by atoms with Crippen LogP contribution in [0.2, 0.25) is 5.02 Å².